The summed E-state index contributed by atoms with van der Waals surface area (Å²) in [7, 11) is 1.48. The van der Waals surface area contributed by atoms with E-state index >= 15 is 0 Å². The number of hydrogen-bond donors (Lipinski definition) is 2. The van der Waals surface area contributed by atoms with Gasteiger partial charge in [-0.1, -0.05) is 23.2 Å². The van der Waals surface area contributed by atoms with Crippen LogP contribution in [-0.2, 0) is 14.3 Å². The smallest absolute Gasteiger partial charge is 0.266 e. The molecule has 1 aliphatic heterocycles. The Morgan fingerprint density at radius 3 is 2.78 bits per heavy atom. The minimum Gasteiger partial charge on any atom is -0.383 e. The van der Waals surface area contributed by atoms with Crippen molar-refractivity contribution in [3.8, 4) is 0 Å². The molecule has 0 aliphatic carbocycles. The number of carbonyl (C=O) groups is 3. The van der Waals surface area contributed by atoms with Crippen molar-refractivity contribution in [2.45, 2.75) is 12.5 Å². The minimum absolute atomic E-state index is 0.0306. The van der Waals surface area contributed by atoms with Gasteiger partial charge in [0, 0.05) is 12.1 Å². The number of benzene rings is 1. The number of methoxy groups -OCH3 is 1. The van der Waals surface area contributed by atoms with Crippen LogP contribution in [0.1, 0.15) is 16.8 Å². The maximum Gasteiger partial charge on any atom is 0.266 e. The lowest BCUT2D eigenvalue weighted by Crippen LogP contribution is -2.48. The molecular formula is C14H15Cl2N3O4. The van der Waals surface area contributed by atoms with Gasteiger partial charge in [0.05, 0.1) is 30.2 Å². The number of halogens is 2. The van der Waals surface area contributed by atoms with Gasteiger partial charge in [-0.15, -0.1) is 0 Å². The second-order valence-corrected chi connectivity index (χ2v) is 5.70. The zero-order chi connectivity index (χ0) is 17.0. The second kappa shape index (κ2) is 7.74. The molecule has 0 aromatic heterocycles. The fourth-order valence-electron chi connectivity index (χ4n) is 2.11. The number of nitrogens with one attached hydrogen (secondary N) is 2. The van der Waals surface area contributed by atoms with Crippen LogP contribution in [0.25, 0.3) is 0 Å². The van der Waals surface area contributed by atoms with Crippen molar-refractivity contribution in [3.05, 3.63) is 33.8 Å². The Bertz CT molecular complexity index is 638. The lowest BCUT2D eigenvalue weighted by Gasteiger charge is -2.15. The van der Waals surface area contributed by atoms with E-state index in [9.17, 15) is 14.4 Å². The van der Waals surface area contributed by atoms with Crippen LogP contribution in [0.3, 0.4) is 0 Å². The quantitative estimate of drug-likeness (QED) is 0.584. The van der Waals surface area contributed by atoms with Crippen molar-refractivity contribution >= 4 is 40.9 Å². The summed E-state index contributed by atoms with van der Waals surface area (Å²) in [5, 5.41) is 0.595. The summed E-state index contributed by atoms with van der Waals surface area (Å²) >= 11 is 11.7. The predicted octanol–water partition coefficient (Wildman–Crippen LogP) is 1.00. The molecule has 23 heavy (non-hydrogen) atoms. The maximum absolute atomic E-state index is 12.1. The molecule has 1 aromatic carbocycles. The Hall–Kier alpha value is -1.67. The largest absolute Gasteiger partial charge is 0.383 e. The molecular weight excluding hydrogens is 345 g/mol. The molecule has 7 nitrogen and oxygen atoms in total. The number of imide groups is 1. The van der Waals surface area contributed by atoms with Crippen LogP contribution in [0.5, 0.6) is 0 Å². The summed E-state index contributed by atoms with van der Waals surface area (Å²) in [5.74, 6) is -1.25. The lowest BCUT2D eigenvalue weighted by atomic mass is 10.2. The number of carbonyl (C=O) groups excluding carboxylic acids is 3. The average molecular weight is 360 g/mol. The van der Waals surface area contributed by atoms with Gasteiger partial charge in [-0.25, -0.2) is 5.43 Å². The van der Waals surface area contributed by atoms with E-state index in [2.05, 4.69) is 10.9 Å². The fourth-order valence-corrected chi connectivity index (χ4v) is 2.60. The topological polar surface area (TPSA) is 87.7 Å². The van der Waals surface area contributed by atoms with Gasteiger partial charge >= 0.3 is 0 Å². The molecule has 124 valence electrons. The van der Waals surface area contributed by atoms with Gasteiger partial charge in [-0.2, -0.15) is 0 Å². The van der Waals surface area contributed by atoms with Crippen LogP contribution in [0, 0.1) is 0 Å². The van der Waals surface area contributed by atoms with E-state index in [0.29, 0.717) is 5.02 Å². The number of rotatable bonds is 6. The summed E-state index contributed by atoms with van der Waals surface area (Å²) in [6, 6.07) is 3.62. The van der Waals surface area contributed by atoms with Crippen molar-refractivity contribution in [2.75, 3.05) is 20.3 Å². The molecule has 1 atom stereocenters. The van der Waals surface area contributed by atoms with E-state index in [1.54, 1.807) is 0 Å². The van der Waals surface area contributed by atoms with Crippen molar-refractivity contribution in [2.24, 2.45) is 0 Å². The SMILES string of the molecule is COCCN1C(=O)CC(NNC(=O)c2ccc(Cl)cc2Cl)C1=O. The van der Waals surface area contributed by atoms with Crippen LogP contribution in [0.2, 0.25) is 10.0 Å². The highest BCUT2D eigenvalue weighted by atomic mass is 35.5. The maximum atomic E-state index is 12.1. The minimum atomic E-state index is -0.811. The van der Waals surface area contributed by atoms with E-state index in [-0.39, 0.29) is 36.1 Å². The van der Waals surface area contributed by atoms with Gasteiger partial charge in [0.25, 0.3) is 5.91 Å². The molecule has 1 unspecified atom stereocenters. The normalized spacial score (nSPS) is 17.7. The molecule has 3 amide bonds. The monoisotopic (exact) mass is 359 g/mol. The summed E-state index contributed by atoms with van der Waals surface area (Å²) in [6.45, 7) is 0.445. The molecule has 1 heterocycles. The van der Waals surface area contributed by atoms with E-state index in [0.717, 1.165) is 4.90 Å². The summed E-state index contributed by atoms with van der Waals surface area (Å²) in [5.41, 5.74) is 5.15. The van der Waals surface area contributed by atoms with E-state index in [1.165, 1.54) is 25.3 Å². The Labute approximate surface area is 142 Å². The Balaban J connectivity index is 1.94. The number of hydrogen-bond acceptors (Lipinski definition) is 5. The first-order chi connectivity index (χ1) is 10.9. The molecule has 0 spiro atoms. The van der Waals surface area contributed by atoms with Gasteiger partial charge in [0.15, 0.2) is 0 Å². The lowest BCUT2D eigenvalue weighted by molar-refractivity contribution is -0.139. The Kier molecular flexibility index (Phi) is 5.95. The van der Waals surface area contributed by atoms with Crippen molar-refractivity contribution in [3.63, 3.8) is 0 Å². The van der Waals surface area contributed by atoms with Crippen molar-refractivity contribution in [1.82, 2.24) is 15.8 Å². The molecule has 1 aromatic rings. The number of hydrazine groups is 1. The highest BCUT2D eigenvalue weighted by Gasteiger charge is 2.38. The Morgan fingerprint density at radius 2 is 2.13 bits per heavy atom. The summed E-state index contributed by atoms with van der Waals surface area (Å²) in [4.78, 5) is 37.0. The number of likely N-dealkylation sites (tertiary alicyclic amines) is 1. The van der Waals surface area contributed by atoms with E-state index in [1.807, 2.05) is 0 Å². The molecule has 9 heteroatoms. The molecule has 0 bridgehead atoms. The zero-order valence-corrected chi connectivity index (χ0v) is 13.8. The first-order valence-corrected chi connectivity index (χ1v) is 7.53. The average Bonchev–Trinajstić information content (AvgIpc) is 2.77. The van der Waals surface area contributed by atoms with Gasteiger partial charge < -0.3 is 4.74 Å². The van der Waals surface area contributed by atoms with E-state index in [4.69, 9.17) is 27.9 Å². The molecule has 2 rings (SSSR count). The number of amides is 3. The molecule has 2 N–H and O–H groups in total. The molecule has 0 saturated carbocycles. The third-order valence-corrected chi connectivity index (χ3v) is 3.85. The van der Waals surface area contributed by atoms with E-state index < -0.39 is 17.9 Å². The van der Waals surface area contributed by atoms with Crippen LogP contribution < -0.4 is 10.9 Å². The standard InChI is InChI=1S/C14H15Cl2N3O4/c1-23-5-4-19-12(20)7-11(14(19)22)17-18-13(21)9-3-2-8(15)6-10(9)16/h2-3,6,11,17H,4-5,7H2,1H3,(H,18,21). The number of nitrogens with zero attached hydrogens (tertiary/aromatic N) is 1. The first kappa shape index (κ1) is 17.7. The molecule has 1 aliphatic rings. The summed E-state index contributed by atoms with van der Waals surface area (Å²) in [6.07, 6.45) is -0.0306. The first-order valence-electron chi connectivity index (χ1n) is 6.78. The van der Waals surface area contributed by atoms with Crippen molar-refractivity contribution < 1.29 is 19.1 Å². The van der Waals surface area contributed by atoms with Crippen LogP contribution in [0.4, 0.5) is 0 Å². The third-order valence-electron chi connectivity index (χ3n) is 3.30. The van der Waals surface area contributed by atoms with Gasteiger partial charge in [0.2, 0.25) is 11.8 Å². The second-order valence-electron chi connectivity index (χ2n) is 4.86. The number of ether oxygens (including phenoxy) is 1. The van der Waals surface area contributed by atoms with Gasteiger partial charge in [-0.05, 0) is 18.2 Å². The zero-order valence-electron chi connectivity index (χ0n) is 12.3. The molecule has 1 saturated heterocycles. The highest BCUT2D eigenvalue weighted by molar-refractivity contribution is 6.36. The Morgan fingerprint density at radius 1 is 1.39 bits per heavy atom. The van der Waals surface area contributed by atoms with Gasteiger partial charge in [-0.3, -0.25) is 24.7 Å². The molecule has 1 fully saturated rings. The van der Waals surface area contributed by atoms with Crippen LogP contribution in [0.15, 0.2) is 18.2 Å². The molecule has 0 radical (unpaired) electrons. The van der Waals surface area contributed by atoms with Crippen molar-refractivity contribution in [1.29, 1.82) is 0 Å². The predicted molar refractivity (Wildman–Crippen MR) is 84.1 cm³/mol. The van der Waals surface area contributed by atoms with Crippen LogP contribution in [-0.4, -0.2) is 48.9 Å². The van der Waals surface area contributed by atoms with Crippen LogP contribution >= 0.6 is 23.2 Å². The fraction of sp³-hybridized carbons (Fsp3) is 0.357. The summed E-state index contributed by atoms with van der Waals surface area (Å²) < 4.78 is 4.85. The highest BCUT2D eigenvalue weighted by Crippen LogP contribution is 2.20. The van der Waals surface area contributed by atoms with Gasteiger partial charge in [0.1, 0.15) is 6.04 Å². The third kappa shape index (κ3) is 4.20.